The van der Waals surface area contributed by atoms with Gasteiger partial charge < -0.3 is 15.7 Å². The van der Waals surface area contributed by atoms with E-state index in [-0.39, 0.29) is 17.9 Å². The summed E-state index contributed by atoms with van der Waals surface area (Å²) in [6, 6.07) is 0.121. The molecule has 2 aliphatic rings. The highest BCUT2D eigenvalue weighted by Crippen LogP contribution is 2.25. The third-order valence-electron chi connectivity index (χ3n) is 4.87. The van der Waals surface area contributed by atoms with E-state index in [9.17, 15) is 9.59 Å². The molecule has 1 saturated carbocycles. The van der Waals surface area contributed by atoms with Gasteiger partial charge in [0.25, 0.3) is 0 Å². The maximum atomic E-state index is 12.6. The summed E-state index contributed by atoms with van der Waals surface area (Å²) in [7, 11) is 0. The number of hydrogen-bond acceptors (Lipinski definition) is 4. The number of carbonyl (C=O) groups excluding carboxylic acids is 1. The number of carboxylic acids is 1. The number of hydrogen-bond donors (Lipinski definition) is 3. The van der Waals surface area contributed by atoms with Gasteiger partial charge in [-0.15, -0.1) is 0 Å². The molecule has 3 N–H and O–H groups in total. The van der Waals surface area contributed by atoms with Crippen molar-refractivity contribution in [3.63, 3.8) is 0 Å². The van der Waals surface area contributed by atoms with Gasteiger partial charge in [-0.2, -0.15) is 0 Å². The zero-order valence-electron chi connectivity index (χ0n) is 13.0. The number of piperazine rings is 1. The van der Waals surface area contributed by atoms with Gasteiger partial charge in [-0.05, 0) is 39.5 Å². The number of nitrogens with one attached hydrogen (secondary N) is 2. The smallest absolute Gasteiger partial charge is 0.306 e. The Hall–Kier alpha value is -1.14. The van der Waals surface area contributed by atoms with E-state index >= 15 is 0 Å². The van der Waals surface area contributed by atoms with Gasteiger partial charge in [-0.3, -0.25) is 14.5 Å². The molecule has 0 radical (unpaired) electrons. The molecule has 120 valence electrons. The van der Waals surface area contributed by atoms with Crippen LogP contribution in [0.5, 0.6) is 0 Å². The molecule has 0 unspecified atom stereocenters. The van der Waals surface area contributed by atoms with E-state index in [1.54, 1.807) is 0 Å². The van der Waals surface area contributed by atoms with Crippen molar-refractivity contribution in [1.82, 2.24) is 15.5 Å². The van der Waals surface area contributed by atoms with Gasteiger partial charge in [-0.1, -0.05) is 0 Å². The van der Waals surface area contributed by atoms with Crippen molar-refractivity contribution in [1.29, 1.82) is 0 Å². The molecular weight excluding hydrogens is 270 g/mol. The van der Waals surface area contributed by atoms with Crippen molar-refractivity contribution in [2.45, 2.75) is 51.1 Å². The molecule has 21 heavy (non-hydrogen) atoms. The predicted molar refractivity (Wildman–Crippen MR) is 80.0 cm³/mol. The second-order valence-electron chi connectivity index (χ2n) is 6.66. The van der Waals surface area contributed by atoms with Gasteiger partial charge >= 0.3 is 5.97 Å². The Morgan fingerprint density at radius 1 is 1.14 bits per heavy atom. The minimum Gasteiger partial charge on any atom is -0.481 e. The first kappa shape index (κ1) is 16.2. The highest BCUT2D eigenvalue weighted by atomic mass is 16.4. The second kappa shape index (κ2) is 6.75. The molecule has 1 saturated heterocycles. The van der Waals surface area contributed by atoms with Crippen LogP contribution in [0.25, 0.3) is 0 Å². The Kier molecular flexibility index (Phi) is 5.22. The first-order valence-electron chi connectivity index (χ1n) is 7.91. The SMILES string of the molecule is CC(C)(C(=O)NC1CCC(C(=O)O)CC1)N1CCNCC1. The lowest BCUT2D eigenvalue weighted by Gasteiger charge is -2.41. The molecule has 0 aromatic carbocycles. The third-order valence-corrected chi connectivity index (χ3v) is 4.87. The minimum absolute atomic E-state index is 0.0585. The van der Waals surface area contributed by atoms with Crippen LogP contribution in [0.4, 0.5) is 0 Å². The van der Waals surface area contributed by atoms with Gasteiger partial charge in [0, 0.05) is 32.2 Å². The van der Waals surface area contributed by atoms with E-state index in [4.69, 9.17) is 5.11 Å². The largest absolute Gasteiger partial charge is 0.481 e. The first-order chi connectivity index (χ1) is 9.91. The fourth-order valence-electron chi connectivity index (χ4n) is 3.21. The summed E-state index contributed by atoms with van der Waals surface area (Å²) in [4.78, 5) is 25.7. The molecule has 2 rings (SSSR count). The van der Waals surface area contributed by atoms with Gasteiger partial charge in [-0.25, -0.2) is 0 Å². The van der Waals surface area contributed by atoms with Crippen LogP contribution in [0.2, 0.25) is 0 Å². The van der Waals surface area contributed by atoms with Crippen molar-refractivity contribution in [2.24, 2.45) is 5.92 Å². The maximum absolute atomic E-state index is 12.6. The molecule has 1 aliphatic heterocycles. The van der Waals surface area contributed by atoms with Gasteiger partial charge in [0.2, 0.25) is 5.91 Å². The Balaban J connectivity index is 1.84. The Bertz CT molecular complexity index is 384. The summed E-state index contributed by atoms with van der Waals surface area (Å²) in [5.41, 5.74) is -0.508. The fraction of sp³-hybridized carbons (Fsp3) is 0.867. The monoisotopic (exact) mass is 297 g/mol. The van der Waals surface area contributed by atoms with Crippen LogP contribution in [0, 0.1) is 5.92 Å². The van der Waals surface area contributed by atoms with E-state index in [1.165, 1.54) is 0 Å². The van der Waals surface area contributed by atoms with Crippen molar-refractivity contribution >= 4 is 11.9 Å². The van der Waals surface area contributed by atoms with Crippen molar-refractivity contribution in [3.05, 3.63) is 0 Å². The summed E-state index contributed by atoms with van der Waals surface area (Å²) in [5, 5.41) is 15.4. The zero-order valence-corrected chi connectivity index (χ0v) is 13.0. The first-order valence-corrected chi connectivity index (χ1v) is 7.91. The lowest BCUT2D eigenvalue weighted by Crippen LogP contribution is -2.61. The maximum Gasteiger partial charge on any atom is 0.306 e. The van der Waals surface area contributed by atoms with Gasteiger partial charge in [0.15, 0.2) is 0 Å². The summed E-state index contributed by atoms with van der Waals surface area (Å²) < 4.78 is 0. The van der Waals surface area contributed by atoms with Crippen LogP contribution >= 0.6 is 0 Å². The number of rotatable bonds is 4. The quantitative estimate of drug-likeness (QED) is 0.701. The molecule has 0 aromatic rings. The molecule has 0 aromatic heterocycles. The molecule has 1 aliphatic carbocycles. The minimum atomic E-state index is -0.707. The normalized spacial score (nSPS) is 28.1. The zero-order chi connectivity index (χ0) is 15.5. The number of carbonyl (C=O) groups is 2. The highest BCUT2D eigenvalue weighted by Gasteiger charge is 2.37. The van der Waals surface area contributed by atoms with Gasteiger partial charge in [0.05, 0.1) is 11.5 Å². The lowest BCUT2D eigenvalue weighted by molar-refractivity contribution is -0.143. The van der Waals surface area contributed by atoms with E-state index in [1.807, 2.05) is 13.8 Å². The average molecular weight is 297 g/mol. The van der Waals surface area contributed by atoms with Crippen LogP contribution in [0.3, 0.4) is 0 Å². The Morgan fingerprint density at radius 3 is 2.24 bits per heavy atom. The fourth-order valence-corrected chi connectivity index (χ4v) is 3.21. The Morgan fingerprint density at radius 2 is 1.71 bits per heavy atom. The van der Waals surface area contributed by atoms with Crippen molar-refractivity contribution in [3.8, 4) is 0 Å². The number of aliphatic carboxylic acids is 1. The van der Waals surface area contributed by atoms with Crippen LogP contribution in [0.1, 0.15) is 39.5 Å². The second-order valence-corrected chi connectivity index (χ2v) is 6.66. The van der Waals surface area contributed by atoms with Crippen LogP contribution in [0.15, 0.2) is 0 Å². The molecule has 6 nitrogen and oxygen atoms in total. The average Bonchev–Trinajstić information content (AvgIpc) is 2.48. The summed E-state index contributed by atoms with van der Waals surface area (Å²) in [5.74, 6) is -0.886. The number of carboxylic acid groups (broad SMARTS) is 1. The molecule has 2 fully saturated rings. The molecule has 0 atom stereocenters. The standard InChI is InChI=1S/C15H27N3O3/c1-15(2,18-9-7-16-8-10-18)14(21)17-12-5-3-11(4-6-12)13(19)20/h11-12,16H,3-10H2,1-2H3,(H,17,21)(H,19,20). The van der Waals surface area contributed by atoms with Crippen molar-refractivity contribution in [2.75, 3.05) is 26.2 Å². The van der Waals surface area contributed by atoms with Gasteiger partial charge in [0.1, 0.15) is 0 Å². The third kappa shape index (κ3) is 3.95. The number of amides is 1. The highest BCUT2D eigenvalue weighted by molar-refractivity contribution is 5.85. The summed E-state index contributed by atoms with van der Waals surface area (Å²) >= 11 is 0. The van der Waals surface area contributed by atoms with Crippen LogP contribution in [-0.2, 0) is 9.59 Å². The van der Waals surface area contributed by atoms with Crippen LogP contribution in [-0.4, -0.2) is 59.6 Å². The number of nitrogens with zero attached hydrogens (tertiary/aromatic N) is 1. The molecular formula is C15H27N3O3. The molecule has 0 spiro atoms. The van der Waals surface area contributed by atoms with E-state index in [0.29, 0.717) is 12.8 Å². The molecule has 6 heteroatoms. The van der Waals surface area contributed by atoms with E-state index in [2.05, 4.69) is 15.5 Å². The van der Waals surface area contributed by atoms with E-state index in [0.717, 1.165) is 39.0 Å². The molecule has 1 amide bonds. The topological polar surface area (TPSA) is 81.7 Å². The summed E-state index contributed by atoms with van der Waals surface area (Å²) in [6.07, 6.45) is 2.85. The Labute approximate surface area is 126 Å². The van der Waals surface area contributed by atoms with Crippen molar-refractivity contribution < 1.29 is 14.7 Å². The van der Waals surface area contributed by atoms with E-state index < -0.39 is 11.5 Å². The lowest BCUT2D eigenvalue weighted by atomic mass is 9.85. The molecule has 0 bridgehead atoms. The predicted octanol–water partition coefficient (Wildman–Crippen LogP) is 0.430. The van der Waals surface area contributed by atoms with Crippen LogP contribution < -0.4 is 10.6 Å². The summed E-state index contributed by atoms with van der Waals surface area (Å²) in [6.45, 7) is 7.53. The molecule has 1 heterocycles.